The van der Waals surface area contributed by atoms with Gasteiger partial charge in [-0.15, -0.1) is 0 Å². The molecule has 6 nitrogen and oxygen atoms in total. The molecule has 68 valence electrons. The van der Waals surface area contributed by atoms with Crippen molar-refractivity contribution in [2.24, 2.45) is 12.8 Å². The van der Waals surface area contributed by atoms with E-state index < -0.39 is 0 Å². The van der Waals surface area contributed by atoms with Crippen LogP contribution in [0, 0.1) is 0 Å². The Bertz CT molecular complexity index is 375. The van der Waals surface area contributed by atoms with Crippen molar-refractivity contribution in [2.45, 2.75) is 6.04 Å². The van der Waals surface area contributed by atoms with E-state index in [1.165, 1.54) is 0 Å². The lowest BCUT2D eigenvalue weighted by molar-refractivity contribution is 0.696. The zero-order valence-corrected chi connectivity index (χ0v) is 7.18. The smallest absolute Gasteiger partial charge is 0.131 e. The normalized spacial score (nSPS) is 13.1. The summed E-state index contributed by atoms with van der Waals surface area (Å²) in [6.45, 7) is 0. The summed E-state index contributed by atoms with van der Waals surface area (Å²) in [6.07, 6.45) is 5.14. The van der Waals surface area contributed by atoms with Gasteiger partial charge in [-0.25, -0.2) is 4.98 Å². The van der Waals surface area contributed by atoms with Crippen molar-refractivity contribution in [1.82, 2.24) is 25.0 Å². The van der Waals surface area contributed by atoms with E-state index in [0.717, 1.165) is 5.82 Å². The second kappa shape index (κ2) is 2.98. The van der Waals surface area contributed by atoms with Crippen molar-refractivity contribution in [3.63, 3.8) is 0 Å². The van der Waals surface area contributed by atoms with Gasteiger partial charge >= 0.3 is 0 Å². The Morgan fingerprint density at radius 1 is 1.62 bits per heavy atom. The Morgan fingerprint density at radius 2 is 2.46 bits per heavy atom. The van der Waals surface area contributed by atoms with Crippen LogP contribution in [0.2, 0.25) is 0 Å². The van der Waals surface area contributed by atoms with Crippen molar-refractivity contribution in [1.29, 1.82) is 0 Å². The molecule has 1 atom stereocenters. The molecule has 0 aliphatic carbocycles. The van der Waals surface area contributed by atoms with Gasteiger partial charge in [0.2, 0.25) is 0 Å². The van der Waals surface area contributed by atoms with E-state index in [1.807, 2.05) is 17.8 Å². The van der Waals surface area contributed by atoms with Crippen LogP contribution in [0.25, 0.3) is 0 Å². The second-order valence-corrected chi connectivity index (χ2v) is 2.77. The standard InChI is InChI=1S/C7H10N6/c1-13-3-2-9-7(13)6(8)5-4-10-12-11-5/h2-4,6H,8H2,1H3,(H,10,11,12). The molecule has 1 unspecified atom stereocenters. The minimum Gasteiger partial charge on any atom is -0.336 e. The second-order valence-electron chi connectivity index (χ2n) is 2.77. The van der Waals surface area contributed by atoms with Gasteiger partial charge in [0.15, 0.2) is 0 Å². The third-order valence-corrected chi connectivity index (χ3v) is 1.89. The first-order chi connectivity index (χ1) is 6.29. The molecule has 2 aromatic heterocycles. The maximum Gasteiger partial charge on any atom is 0.131 e. The van der Waals surface area contributed by atoms with Gasteiger partial charge in [0.25, 0.3) is 0 Å². The molecular weight excluding hydrogens is 168 g/mol. The van der Waals surface area contributed by atoms with Crippen LogP contribution < -0.4 is 5.73 Å². The molecule has 0 saturated carbocycles. The van der Waals surface area contributed by atoms with Gasteiger partial charge < -0.3 is 10.3 Å². The predicted octanol–water partition coefficient (Wildman–Crippen LogP) is -0.414. The molecule has 0 fully saturated rings. The molecule has 0 aliphatic rings. The molecule has 0 saturated heterocycles. The van der Waals surface area contributed by atoms with E-state index >= 15 is 0 Å². The van der Waals surface area contributed by atoms with E-state index in [0.29, 0.717) is 5.69 Å². The number of nitrogens with two attached hydrogens (primary N) is 1. The number of hydrogen-bond donors (Lipinski definition) is 2. The van der Waals surface area contributed by atoms with Crippen molar-refractivity contribution in [2.75, 3.05) is 0 Å². The number of nitrogens with one attached hydrogen (secondary N) is 1. The van der Waals surface area contributed by atoms with Gasteiger partial charge in [0.05, 0.1) is 6.20 Å². The lowest BCUT2D eigenvalue weighted by atomic mass is 10.2. The van der Waals surface area contributed by atoms with Crippen molar-refractivity contribution in [3.8, 4) is 0 Å². The number of hydrogen-bond acceptors (Lipinski definition) is 4. The highest BCUT2D eigenvalue weighted by atomic mass is 15.3. The molecule has 6 heteroatoms. The lowest BCUT2D eigenvalue weighted by Gasteiger charge is -2.07. The van der Waals surface area contributed by atoms with E-state index in [-0.39, 0.29) is 6.04 Å². The van der Waals surface area contributed by atoms with Crippen LogP contribution in [-0.2, 0) is 7.05 Å². The average molecular weight is 178 g/mol. The van der Waals surface area contributed by atoms with Crippen LogP contribution in [0.5, 0.6) is 0 Å². The van der Waals surface area contributed by atoms with Crippen LogP contribution in [0.15, 0.2) is 18.6 Å². The van der Waals surface area contributed by atoms with E-state index in [1.54, 1.807) is 12.4 Å². The quantitative estimate of drug-likeness (QED) is 0.654. The number of aromatic amines is 1. The van der Waals surface area contributed by atoms with E-state index in [9.17, 15) is 0 Å². The largest absolute Gasteiger partial charge is 0.336 e. The summed E-state index contributed by atoms with van der Waals surface area (Å²) in [5.74, 6) is 0.772. The highest BCUT2D eigenvalue weighted by molar-refractivity contribution is 5.12. The number of aryl methyl sites for hydroxylation is 1. The molecule has 13 heavy (non-hydrogen) atoms. The van der Waals surface area contributed by atoms with Crippen LogP contribution >= 0.6 is 0 Å². The first-order valence-corrected chi connectivity index (χ1v) is 3.87. The summed E-state index contributed by atoms with van der Waals surface area (Å²) in [5.41, 5.74) is 6.59. The van der Waals surface area contributed by atoms with Crippen LogP contribution in [0.3, 0.4) is 0 Å². The van der Waals surface area contributed by atoms with Crippen molar-refractivity contribution in [3.05, 3.63) is 30.1 Å². The SMILES string of the molecule is Cn1ccnc1C(N)c1cn[nH]n1. The van der Waals surface area contributed by atoms with Gasteiger partial charge in [0.1, 0.15) is 17.6 Å². The fourth-order valence-corrected chi connectivity index (χ4v) is 1.17. The monoisotopic (exact) mass is 178 g/mol. The first-order valence-electron chi connectivity index (χ1n) is 3.87. The molecule has 2 heterocycles. The number of H-pyrrole nitrogens is 1. The summed E-state index contributed by atoms with van der Waals surface area (Å²) in [6, 6.07) is -0.321. The maximum absolute atomic E-state index is 5.90. The minimum atomic E-state index is -0.321. The van der Waals surface area contributed by atoms with Crippen LogP contribution in [0.4, 0.5) is 0 Å². The number of aromatic nitrogens is 5. The number of nitrogens with zero attached hydrogens (tertiary/aromatic N) is 4. The summed E-state index contributed by atoms with van der Waals surface area (Å²) in [7, 11) is 1.89. The molecule has 3 N–H and O–H groups in total. The van der Waals surface area contributed by atoms with Crippen LogP contribution in [0.1, 0.15) is 17.6 Å². The topological polar surface area (TPSA) is 85.4 Å². The molecule has 2 aromatic rings. The third kappa shape index (κ3) is 1.31. The lowest BCUT2D eigenvalue weighted by Crippen LogP contribution is -2.16. The third-order valence-electron chi connectivity index (χ3n) is 1.89. The summed E-state index contributed by atoms with van der Waals surface area (Å²) < 4.78 is 1.86. The fraction of sp³-hybridized carbons (Fsp3) is 0.286. The van der Waals surface area contributed by atoms with Crippen LogP contribution in [-0.4, -0.2) is 25.0 Å². The van der Waals surface area contributed by atoms with Gasteiger partial charge in [0, 0.05) is 19.4 Å². The Morgan fingerprint density at radius 3 is 3.00 bits per heavy atom. The highest BCUT2D eigenvalue weighted by Gasteiger charge is 2.15. The average Bonchev–Trinajstić information content (AvgIpc) is 2.72. The molecule has 0 aliphatic heterocycles. The Labute approximate surface area is 74.8 Å². The fourth-order valence-electron chi connectivity index (χ4n) is 1.17. The summed E-state index contributed by atoms with van der Waals surface area (Å²) in [4.78, 5) is 4.13. The van der Waals surface area contributed by atoms with E-state index in [4.69, 9.17) is 5.73 Å². The number of imidazole rings is 1. The molecule has 0 bridgehead atoms. The summed E-state index contributed by atoms with van der Waals surface area (Å²) >= 11 is 0. The zero-order valence-electron chi connectivity index (χ0n) is 7.18. The molecule has 0 aromatic carbocycles. The molecule has 0 radical (unpaired) electrons. The van der Waals surface area contributed by atoms with E-state index in [2.05, 4.69) is 20.4 Å². The van der Waals surface area contributed by atoms with Gasteiger partial charge in [-0.3, -0.25) is 0 Å². The minimum absolute atomic E-state index is 0.321. The Kier molecular flexibility index (Phi) is 1.82. The zero-order chi connectivity index (χ0) is 9.26. The van der Waals surface area contributed by atoms with Gasteiger partial charge in [-0.05, 0) is 0 Å². The molecule has 0 spiro atoms. The predicted molar refractivity (Wildman–Crippen MR) is 45.6 cm³/mol. The van der Waals surface area contributed by atoms with Crippen molar-refractivity contribution >= 4 is 0 Å². The molecule has 0 amide bonds. The highest BCUT2D eigenvalue weighted by Crippen LogP contribution is 2.12. The molecular formula is C7H10N6. The first kappa shape index (κ1) is 7.93. The summed E-state index contributed by atoms with van der Waals surface area (Å²) in [5, 5.41) is 10.1. The van der Waals surface area contributed by atoms with Gasteiger partial charge in [-0.1, -0.05) is 0 Å². The maximum atomic E-state index is 5.90. The Balaban J connectivity index is 2.33. The molecule has 2 rings (SSSR count). The van der Waals surface area contributed by atoms with Gasteiger partial charge in [-0.2, -0.15) is 15.4 Å². The number of rotatable bonds is 2. The Hall–Kier alpha value is -1.69. The van der Waals surface area contributed by atoms with Crippen molar-refractivity contribution < 1.29 is 0 Å².